The van der Waals surface area contributed by atoms with E-state index in [2.05, 4.69) is 21.3 Å². The second-order valence-corrected chi connectivity index (χ2v) is 6.42. The van der Waals surface area contributed by atoms with Gasteiger partial charge in [0.25, 0.3) is 0 Å². The number of pyridine rings is 1. The van der Waals surface area contributed by atoms with Crippen LogP contribution in [0.3, 0.4) is 0 Å². The van der Waals surface area contributed by atoms with Crippen molar-refractivity contribution in [1.29, 1.82) is 0 Å². The van der Waals surface area contributed by atoms with E-state index in [1.807, 2.05) is 42.6 Å². The van der Waals surface area contributed by atoms with Crippen LogP contribution in [0.1, 0.15) is 36.4 Å². The molecule has 1 fully saturated rings. The normalized spacial score (nSPS) is 17.4. The number of hydrogen-bond acceptors (Lipinski definition) is 3. The standard InChI is InChI=1S/C20H21N3OS/c24-19(12-11-16-7-2-1-3-8-16)22-20(25)23-14-5-4-10-18(23)17-9-6-13-21-15-17/h1-3,6-9,11-13,15,18H,4-5,10,14H2,(H,22,24,25)/t18-/m1/s1. The first-order valence-electron chi connectivity index (χ1n) is 8.48. The molecule has 2 heterocycles. The van der Waals surface area contributed by atoms with E-state index in [4.69, 9.17) is 12.2 Å². The molecule has 0 aliphatic carbocycles. The quantitative estimate of drug-likeness (QED) is 0.676. The summed E-state index contributed by atoms with van der Waals surface area (Å²) in [5.74, 6) is -0.204. The average Bonchev–Trinajstić information content (AvgIpc) is 2.68. The van der Waals surface area contributed by atoms with Gasteiger partial charge in [0, 0.05) is 25.0 Å². The fourth-order valence-corrected chi connectivity index (χ4v) is 3.37. The fourth-order valence-electron chi connectivity index (χ4n) is 3.05. The van der Waals surface area contributed by atoms with Crippen LogP contribution in [-0.2, 0) is 4.79 Å². The summed E-state index contributed by atoms with van der Waals surface area (Å²) in [5.41, 5.74) is 2.12. The average molecular weight is 351 g/mol. The molecule has 1 aromatic carbocycles. The third-order valence-corrected chi connectivity index (χ3v) is 4.63. The van der Waals surface area contributed by atoms with Crippen LogP contribution in [0.5, 0.6) is 0 Å². The fraction of sp³-hybridized carbons (Fsp3) is 0.250. The minimum absolute atomic E-state index is 0.174. The van der Waals surface area contributed by atoms with Crippen molar-refractivity contribution in [2.45, 2.75) is 25.3 Å². The zero-order chi connectivity index (χ0) is 17.5. The Morgan fingerprint density at radius 2 is 2.04 bits per heavy atom. The second-order valence-electron chi connectivity index (χ2n) is 6.03. The van der Waals surface area contributed by atoms with Gasteiger partial charge >= 0.3 is 0 Å². The van der Waals surface area contributed by atoms with Crippen molar-refractivity contribution in [2.24, 2.45) is 0 Å². The van der Waals surface area contributed by atoms with Crippen molar-refractivity contribution < 1.29 is 4.79 Å². The van der Waals surface area contributed by atoms with E-state index in [0.717, 1.165) is 36.9 Å². The predicted octanol–water partition coefficient (Wildman–Crippen LogP) is 3.72. The molecule has 0 saturated carbocycles. The summed E-state index contributed by atoms with van der Waals surface area (Å²) in [6.45, 7) is 0.848. The van der Waals surface area contributed by atoms with E-state index in [1.165, 1.54) is 6.08 Å². The number of thiocarbonyl (C=S) groups is 1. The van der Waals surface area contributed by atoms with Gasteiger partial charge in [-0.05, 0) is 54.7 Å². The number of piperidine rings is 1. The van der Waals surface area contributed by atoms with E-state index in [0.29, 0.717) is 5.11 Å². The SMILES string of the molecule is O=C(C=Cc1ccccc1)NC(=S)N1CCCC[C@@H]1c1cccnc1. The molecule has 1 aromatic heterocycles. The van der Waals surface area contributed by atoms with Crippen LogP contribution in [0.4, 0.5) is 0 Å². The number of nitrogens with zero attached hydrogens (tertiary/aromatic N) is 2. The van der Waals surface area contributed by atoms with Crippen LogP contribution in [0.25, 0.3) is 6.08 Å². The summed E-state index contributed by atoms with van der Waals surface area (Å²) in [4.78, 5) is 18.5. The highest BCUT2D eigenvalue weighted by Gasteiger charge is 2.26. The largest absolute Gasteiger partial charge is 0.342 e. The third kappa shape index (κ3) is 4.73. The number of carbonyl (C=O) groups is 1. The number of rotatable bonds is 3. The molecule has 3 rings (SSSR count). The molecule has 2 aromatic rings. The Hall–Kier alpha value is -2.53. The Morgan fingerprint density at radius 1 is 1.20 bits per heavy atom. The molecule has 1 aliphatic heterocycles. The van der Waals surface area contributed by atoms with Crippen molar-refractivity contribution in [3.8, 4) is 0 Å². The minimum Gasteiger partial charge on any atom is -0.342 e. The van der Waals surface area contributed by atoms with E-state index in [-0.39, 0.29) is 11.9 Å². The maximum atomic E-state index is 12.2. The Labute approximate surface area is 153 Å². The van der Waals surface area contributed by atoms with Gasteiger partial charge in [-0.15, -0.1) is 0 Å². The van der Waals surface area contributed by atoms with Gasteiger partial charge < -0.3 is 4.90 Å². The predicted molar refractivity (Wildman–Crippen MR) is 104 cm³/mol. The molecule has 1 atom stereocenters. The molecule has 128 valence electrons. The minimum atomic E-state index is -0.204. The summed E-state index contributed by atoms with van der Waals surface area (Å²) in [6.07, 6.45) is 10.2. The van der Waals surface area contributed by atoms with Crippen molar-refractivity contribution in [1.82, 2.24) is 15.2 Å². The van der Waals surface area contributed by atoms with Crippen molar-refractivity contribution in [2.75, 3.05) is 6.54 Å². The number of carbonyl (C=O) groups excluding carboxylic acids is 1. The molecule has 5 heteroatoms. The summed E-state index contributed by atoms with van der Waals surface area (Å²) in [5, 5.41) is 3.31. The van der Waals surface area contributed by atoms with Gasteiger partial charge in [-0.25, -0.2) is 0 Å². The molecule has 1 N–H and O–H groups in total. The van der Waals surface area contributed by atoms with Gasteiger partial charge in [0.15, 0.2) is 5.11 Å². The topological polar surface area (TPSA) is 45.2 Å². The van der Waals surface area contributed by atoms with E-state index in [9.17, 15) is 4.79 Å². The van der Waals surface area contributed by atoms with E-state index in [1.54, 1.807) is 12.3 Å². The number of likely N-dealkylation sites (tertiary alicyclic amines) is 1. The Balaban J connectivity index is 1.64. The van der Waals surface area contributed by atoms with Crippen LogP contribution < -0.4 is 5.32 Å². The van der Waals surface area contributed by atoms with Crippen LogP contribution in [0.2, 0.25) is 0 Å². The number of benzene rings is 1. The first kappa shape index (κ1) is 17.3. The summed E-state index contributed by atoms with van der Waals surface area (Å²) < 4.78 is 0. The van der Waals surface area contributed by atoms with Crippen LogP contribution >= 0.6 is 12.2 Å². The van der Waals surface area contributed by atoms with E-state index < -0.39 is 0 Å². The molecular weight excluding hydrogens is 330 g/mol. The molecule has 0 bridgehead atoms. The van der Waals surface area contributed by atoms with Gasteiger partial charge in [0.1, 0.15) is 0 Å². The highest BCUT2D eigenvalue weighted by molar-refractivity contribution is 7.80. The monoisotopic (exact) mass is 351 g/mol. The lowest BCUT2D eigenvalue weighted by atomic mass is 9.97. The smallest absolute Gasteiger partial charge is 0.250 e. The highest BCUT2D eigenvalue weighted by atomic mass is 32.1. The van der Waals surface area contributed by atoms with Gasteiger partial charge in [0.05, 0.1) is 6.04 Å². The van der Waals surface area contributed by atoms with E-state index >= 15 is 0 Å². The van der Waals surface area contributed by atoms with Crippen molar-refractivity contribution in [3.05, 3.63) is 72.1 Å². The molecule has 1 amide bonds. The first-order valence-corrected chi connectivity index (χ1v) is 8.89. The molecule has 25 heavy (non-hydrogen) atoms. The maximum absolute atomic E-state index is 12.2. The molecule has 0 spiro atoms. The van der Waals surface area contributed by atoms with Crippen LogP contribution in [0.15, 0.2) is 60.9 Å². The number of nitrogens with one attached hydrogen (secondary N) is 1. The molecule has 1 aliphatic rings. The number of amides is 1. The summed E-state index contributed by atoms with van der Waals surface area (Å²) in [7, 11) is 0. The van der Waals surface area contributed by atoms with Crippen LogP contribution in [0, 0.1) is 0 Å². The van der Waals surface area contributed by atoms with Crippen LogP contribution in [-0.4, -0.2) is 27.4 Å². The Bertz CT molecular complexity index is 746. The first-order chi connectivity index (χ1) is 12.2. The molecule has 0 radical (unpaired) electrons. The van der Waals surface area contributed by atoms with Gasteiger partial charge in [-0.3, -0.25) is 15.1 Å². The molecule has 4 nitrogen and oxygen atoms in total. The summed E-state index contributed by atoms with van der Waals surface area (Å²) in [6, 6.07) is 13.9. The van der Waals surface area contributed by atoms with Crippen molar-refractivity contribution in [3.63, 3.8) is 0 Å². The lowest BCUT2D eigenvalue weighted by Crippen LogP contribution is -2.46. The maximum Gasteiger partial charge on any atom is 0.250 e. The Morgan fingerprint density at radius 3 is 2.80 bits per heavy atom. The zero-order valence-electron chi connectivity index (χ0n) is 14.0. The highest BCUT2D eigenvalue weighted by Crippen LogP contribution is 2.30. The van der Waals surface area contributed by atoms with Crippen molar-refractivity contribution >= 4 is 29.3 Å². The van der Waals surface area contributed by atoms with Gasteiger partial charge in [-0.2, -0.15) is 0 Å². The van der Waals surface area contributed by atoms with Gasteiger partial charge in [-0.1, -0.05) is 36.4 Å². The lowest BCUT2D eigenvalue weighted by molar-refractivity contribution is -0.115. The molecule has 0 unspecified atom stereocenters. The Kier molecular flexibility index (Phi) is 5.90. The van der Waals surface area contributed by atoms with Gasteiger partial charge in [0.2, 0.25) is 5.91 Å². The number of aromatic nitrogens is 1. The second kappa shape index (κ2) is 8.53. The zero-order valence-corrected chi connectivity index (χ0v) is 14.8. The molecule has 1 saturated heterocycles. The number of hydrogen-bond donors (Lipinski definition) is 1. The lowest BCUT2D eigenvalue weighted by Gasteiger charge is -2.37. The third-order valence-electron chi connectivity index (χ3n) is 4.29. The summed E-state index contributed by atoms with van der Waals surface area (Å²) >= 11 is 5.50. The molecular formula is C20H21N3OS.